The number of nitrogens with zero attached hydrogens (tertiary/aromatic N) is 1. The normalized spacial score (nSPS) is 10.2. The van der Waals surface area contributed by atoms with Crippen LogP contribution in [0.25, 0.3) is 0 Å². The molecule has 2 aromatic rings. The summed E-state index contributed by atoms with van der Waals surface area (Å²) in [5.74, 6) is 0.795. The molecule has 0 atom stereocenters. The summed E-state index contributed by atoms with van der Waals surface area (Å²) < 4.78 is 10.2. The average Bonchev–Trinajstić information content (AvgIpc) is 3.20. The van der Waals surface area contributed by atoms with E-state index in [9.17, 15) is 9.59 Å². The van der Waals surface area contributed by atoms with Crippen LogP contribution < -0.4 is 10.1 Å². The lowest BCUT2D eigenvalue weighted by Crippen LogP contribution is -2.31. The van der Waals surface area contributed by atoms with E-state index in [1.165, 1.54) is 6.26 Å². The van der Waals surface area contributed by atoms with Crippen molar-refractivity contribution in [2.75, 3.05) is 20.2 Å². The Hall–Kier alpha value is -3.02. The molecule has 0 radical (unpaired) electrons. The zero-order chi connectivity index (χ0) is 18.8. The molecule has 0 bridgehead atoms. The predicted octanol–water partition coefficient (Wildman–Crippen LogP) is 3.01. The highest BCUT2D eigenvalue weighted by Crippen LogP contribution is 2.14. The van der Waals surface area contributed by atoms with Gasteiger partial charge in [-0.1, -0.05) is 18.2 Å². The Kier molecular flexibility index (Phi) is 7.49. The van der Waals surface area contributed by atoms with Gasteiger partial charge in [-0.2, -0.15) is 0 Å². The Bertz CT molecular complexity index is 708. The molecule has 0 unspecified atom stereocenters. The van der Waals surface area contributed by atoms with Crippen LogP contribution >= 0.6 is 0 Å². The van der Waals surface area contributed by atoms with Gasteiger partial charge in [-0.05, 0) is 36.2 Å². The number of methoxy groups -OCH3 is 1. The van der Waals surface area contributed by atoms with Crippen LogP contribution in [-0.2, 0) is 11.3 Å². The molecule has 0 spiro atoms. The molecule has 0 aliphatic carbocycles. The highest BCUT2D eigenvalue weighted by Gasteiger charge is 2.13. The maximum Gasteiger partial charge on any atom is 0.286 e. The van der Waals surface area contributed by atoms with E-state index in [1.54, 1.807) is 30.2 Å². The van der Waals surface area contributed by atoms with E-state index in [2.05, 4.69) is 11.9 Å². The van der Waals surface area contributed by atoms with Crippen molar-refractivity contribution in [1.82, 2.24) is 10.2 Å². The lowest BCUT2D eigenvalue weighted by atomic mass is 10.2. The summed E-state index contributed by atoms with van der Waals surface area (Å²) in [6, 6.07) is 10.9. The fourth-order valence-electron chi connectivity index (χ4n) is 2.46. The first-order valence-corrected chi connectivity index (χ1v) is 8.47. The van der Waals surface area contributed by atoms with Gasteiger partial charge in [0.05, 0.1) is 13.4 Å². The van der Waals surface area contributed by atoms with Crippen molar-refractivity contribution in [3.05, 3.63) is 66.6 Å². The molecule has 2 rings (SSSR count). The largest absolute Gasteiger partial charge is 0.497 e. The van der Waals surface area contributed by atoms with Gasteiger partial charge in [0.1, 0.15) is 5.75 Å². The Labute approximate surface area is 153 Å². The summed E-state index contributed by atoms with van der Waals surface area (Å²) in [7, 11) is 1.62. The molecular weight excluding hydrogens is 332 g/mol. The van der Waals surface area contributed by atoms with E-state index in [-0.39, 0.29) is 17.6 Å². The van der Waals surface area contributed by atoms with E-state index in [4.69, 9.17) is 9.15 Å². The zero-order valence-corrected chi connectivity index (χ0v) is 14.9. The maximum atomic E-state index is 12.5. The minimum atomic E-state index is -0.274. The molecular formula is C20H24N2O4. The monoisotopic (exact) mass is 356 g/mol. The molecule has 1 heterocycles. The fourth-order valence-corrected chi connectivity index (χ4v) is 2.46. The predicted molar refractivity (Wildman–Crippen MR) is 98.9 cm³/mol. The standard InChI is InChI=1S/C20H24N2O4/c1-3-13-22(15-16-8-10-17(25-2)11-9-16)19(23)7-4-12-21-20(24)18-6-5-14-26-18/h3,5-6,8-11,14H,1,4,7,12-13,15H2,2H3,(H,21,24). The van der Waals surface area contributed by atoms with Crippen LogP contribution in [0.4, 0.5) is 0 Å². The quantitative estimate of drug-likeness (QED) is 0.525. The zero-order valence-electron chi connectivity index (χ0n) is 14.9. The van der Waals surface area contributed by atoms with E-state index in [1.807, 2.05) is 24.3 Å². The summed E-state index contributed by atoms with van der Waals surface area (Å²) in [6.07, 6.45) is 4.06. The first-order chi connectivity index (χ1) is 12.6. The van der Waals surface area contributed by atoms with Gasteiger partial charge in [0.25, 0.3) is 5.91 Å². The molecule has 1 aromatic carbocycles. The minimum absolute atomic E-state index is 0.0213. The number of nitrogens with one attached hydrogen (secondary N) is 1. The number of hydrogen-bond donors (Lipinski definition) is 1. The number of furan rings is 1. The van der Waals surface area contributed by atoms with E-state index in [0.717, 1.165) is 11.3 Å². The van der Waals surface area contributed by atoms with Crippen molar-refractivity contribution in [2.24, 2.45) is 0 Å². The Morgan fingerprint density at radius 2 is 2.04 bits per heavy atom. The van der Waals surface area contributed by atoms with Gasteiger partial charge in [-0.25, -0.2) is 0 Å². The molecule has 0 fully saturated rings. The third-order valence-electron chi connectivity index (χ3n) is 3.83. The van der Waals surface area contributed by atoms with Crippen LogP contribution in [0, 0.1) is 0 Å². The van der Waals surface area contributed by atoms with Gasteiger partial charge < -0.3 is 19.4 Å². The van der Waals surface area contributed by atoms with Crippen LogP contribution in [0.1, 0.15) is 29.0 Å². The number of ether oxygens (including phenoxy) is 1. The molecule has 6 nitrogen and oxygen atoms in total. The number of hydrogen-bond acceptors (Lipinski definition) is 4. The second-order valence-corrected chi connectivity index (χ2v) is 5.75. The van der Waals surface area contributed by atoms with Crippen molar-refractivity contribution >= 4 is 11.8 Å². The number of carbonyl (C=O) groups is 2. The third kappa shape index (κ3) is 5.81. The van der Waals surface area contributed by atoms with Crippen LogP contribution in [0.5, 0.6) is 5.75 Å². The molecule has 1 aromatic heterocycles. The molecule has 0 aliphatic heterocycles. The summed E-state index contributed by atoms with van der Waals surface area (Å²) in [4.78, 5) is 26.0. The highest BCUT2D eigenvalue weighted by atomic mass is 16.5. The lowest BCUT2D eigenvalue weighted by Gasteiger charge is -2.21. The van der Waals surface area contributed by atoms with Gasteiger partial charge in [0, 0.05) is 26.1 Å². The maximum absolute atomic E-state index is 12.5. The molecule has 0 saturated heterocycles. The Balaban J connectivity index is 1.79. The number of rotatable bonds is 10. The summed E-state index contributed by atoms with van der Waals surface area (Å²) in [5, 5.41) is 2.74. The van der Waals surface area contributed by atoms with E-state index < -0.39 is 0 Å². The Morgan fingerprint density at radius 1 is 1.27 bits per heavy atom. The van der Waals surface area contributed by atoms with Crippen molar-refractivity contribution in [3.63, 3.8) is 0 Å². The van der Waals surface area contributed by atoms with Crippen molar-refractivity contribution in [3.8, 4) is 5.75 Å². The van der Waals surface area contributed by atoms with Gasteiger partial charge in [0.15, 0.2) is 5.76 Å². The first kappa shape index (κ1) is 19.3. The molecule has 138 valence electrons. The number of carbonyl (C=O) groups excluding carboxylic acids is 2. The lowest BCUT2D eigenvalue weighted by molar-refractivity contribution is -0.131. The van der Waals surface area contributed by atoms with Gasteiger partial charge in [-0.15, -0.1) is 6.58 Å². The second-order valence-electron chi connectivity index (χ2n) is 5.75. The topological polar surface area (TPSA) is 71.8 Å². The highest BCUT2D eigenvalue weighted by molar-refractivity contribution is 5.91. The third-order valence-corrected chi connectivity index (χ3v) is 3.83. The summed E-state index contributed by atoms with van der Waals surface area (Å²) in [5.41, 5.74) is 1.02. The van der Waals surface area contributed by atoms with Crippen molar-refractivity contribution in [1.29, 1.82) is 0 Å². The molecule has 6 heteroatoms. The van der Waals surface area contributed by atoms with Crippen LogP contribution in [0.2, 0.25) is 0 Å². The van der Waals surface area contributed by atoms with Crippen LogP contribution in [0.3, 0.4) is 0 Å². The van der Waals surface area contributed by atoms with Gasteiger partial charge in [0.2, 0.25) is 5.91 Å². The molecule has 0 aliphatic rings. The summed E-state index contributed by atoms with van der Waals surface area (Å²) in [6.45, 7) is 5.11. The minimum Gasteiger partial charge on any atom is -0.497 e. The van der Waals surface area contributed by atoms with Crippen molar-refractivity contribution in [2.45, 2.75) is 19.4 Å². The SMILES string of the molecule is C=CCN(Cc1ccc(OC)cc1)C(=O)CCCNC(=O)c1ccco1. The van der Waals surface area contributed by atoms with Crippen molar-refractivity contribution < 1.29 is 18.7 Å². The number of amides is 2. The van der Waals surface area contributed by atoms with E-state index in [0.29, 0.717) is 32.5 Å². The van der Waals surface area contributed by atoms with Crippen LogP contribution in [-0.4, -0.2) is 36.9 Å². The smallest absolute Gasteiger partial charge is 0.286 e. The fraction of sp³-hybridized carbons (Fsp3) is 0.300. The van der Waals surface area contributed by atoms with E-state index >= 15 is 0 Å². The second kappa shape index (κ2) is 10.1. The number of benzene rings is 1. The van der Waals surface area contributed by atoms with Crippen LogP contribution in [0.15, 0.2) is 59.7 Å². The van der Waals surface area contributed by atoms with Gasteiger partial charge >= 0.3 is 0 Å². The van der Waals surface area contributed by atoms with Gasteiger partial charge in [-0.3, -0.25) is 9.59 Å². The molecule has 2 amide bonds. The first-order valence-electron chi connectivity index (χ1n) is 8.47. The average molecular weight is 356 g/mol. The summed E-state index contributed by atoms with van der Waals surface area (Å²) >= 11 is 0. The Morgan fingerprint density at radius 3 is 2.65 bits per heavy atom. The molecule has 26 heavy (non-hydrogen) atoms. The molecule has 1 N–H and O–H groups in total. The molecule has 0 saturated carbocycles.